The quantitative estimate of drug-likeness (QED) is 0.832. The van der Waals surface area contributed by atoms with Crippen molar-refractivity contribution < 1.29 is 9.59 Å². The Morgan fingerprint density at radius 1 is 1.00 bits per heavy atom. The van der Waals surface area contributed by atoms with Crippen LogP contribution in [0.5, 0.6) is 0 Å². The minimum atomic E-state index is -1.04. The van der Waals surface area contributed by atoms with E-state index in [4.69, 9.17) is 5.73 Å². The number of Topliss-reactive ketones (excluding diaryl/α,β-unsaturated/α-hetero) is 1. The molecule has 1 aliphatic heterocycles. The van der Waals surface area contributed by atoms with Crippen molar-refractivity contribution in [1.29, 1.82) is 0 Å². The van der Waals surface area contributed by atoms with Gasteiger partial charge in [0.1, 0.15) is 5.54 Å². The molecular weight excluding hydrogens is 300 g/mol. The molecule has 0 aromatic heterocycles. The number of hydrogen-bond acceptors (Lipinski definition) is 3. The van der Waals surface area contributed by atoms with E-state index < -0.39 is 11.4 Å². The Labute approximate surface area is 142 Å². The van der Waals surface area contributed by atoms with Crippen molar-refractivity contribution in [2.45, 2.75) is 24.8 Å². The molecule has 2 aromatic rings. The Morgan fingerprint density at radius 3 is 2.38 bits per heavy atom. The molecule has 0 unspecified atom stereocenters. The van der Waals surface area contributed by atoms with Crippen molar-refractivity contribution in [3.8, 4) is 11.1 Å². The molecule has 1 fully saturated rings. The fraction of sp³-hybridized carbons (Fsp3) is 0.250. The highest BCUT2D eigenvalue weighted by Gasteiger charge is 2.40. The fourth-order valence-corrected chi connectivity index (χ4v) is 3.20. The first-order valence-electron chi connectivity index (χ1n) is 8.22. The Morgan fingerprint density at radius 2 is 1.71 bits per heavy atom. The van der Waals surface area contributed by atoms with Gasteiger partial charge in [0.25, 0.3) is 0 Å². The van der Waals surface area contributed by atoms with E-state index in [1.807, 2.05) is 48.5 Å². The fourth-order valence-electron chi connectivity index (χ4n) is 3.20. The average molecular weight is 321 g/mol. The van der Waals surface area contributed by atoms with Gasteiger partial charge in [-0.1, -0.05) is 54.6 Å². The number of carbonyl (C=O) groups is 2. The molecule has 1 heterocycles. The van der Waals surface area contributed by atoms with Crippen molar-refractivity contribution in [3.63, 3.8) is 0 Å². The highest BCUT2D eigenvalue weighted by Crippen LogP contribution is 2.28. The second-order valence-corrected chi connectivity index (χ2v) is 6.14. The van der Waals surface area contributed by atoms with Gasteiger partial charge in [-0.3, -0.25) is 9.59 Å². The van der Waals surface area contributed by atoms with Crippen LogP contribution in [0.3, 0.4) is 0 Å². The first-order chi connectivity index (χ1) is 11.6. The van der Waals surface area contributed by atoms with Gasteiger partial charge in [0.2, 0.25) is 5.91 Å². The summed E-state index contributed by atoms with van der Waals surface area (Å²) in [4.78, 5) is 24.9. The number of amides is 1. The lowest BCUT2D eigenvalue weighted by Gasteiger charge is -2.34. The van der Waals surface area contributed by atoms with Crippen molar-refractivity contribution in [2.75, 3.05) is 6.54 Å². The number of nitrogens with one attached hydrogen (secondary N) is 1. The average Bonchev–Trinajstić information content (AvgIpc) is 2.63. The van der Waals surface area contributed by atoms with Gasteiger partial charge < -0.3 is 11.1 Å². The van der Waals surface area contributed by atoms with Crippen LogP contribution in [0, 0.1) is 6.42 Å². The van der Waals surface area contributed by atoms with Gasteiger partial charge in [-0.05, 0) is 36.9 Å². The van der Waals surface area contributed by atoms with Crippen LogP contribution in [0.2, 0.25) is 0 Å². The van der Waals surface area contributed by atoms with Gasteiger partial charge in [0, 0.05) is 5.56 Å². The van der Waals surface area contributed by atoms with Gasteiger partial charge in [0.15, 0.2) is 5.78 Å². The Balaban J connectivity index is 1.92. The number of benzene rings is 2. The number of rotatable bonds is 5. The molecule has 2 aromatic carbocycles. The molecule has 3 rings (SSSR count). The van der Waals surface area contributed by atoms with Crippen molar-refractivity contribution in [2.24, 2.45) is 5.73 Å². The van der Waals surface area contributed by atoms with E-state index in [-0.39, 0.29) is 5.78 Å². The highest BCUT2D eigenvalue weighted by atomic mass is 16.2. The molecule has 0 spiro atoms. The maximum atomic E-state index is 12.9. The van der Waals surface area contributed by atoms with E-state index in [9.17, 15) is 9.59 Å². The van der Waals surface area contributed by atoms with E-state index in [0.717, 1.165) is 24.0 Å². The van der Waals surface area contributed by atoms with Crippen LogP contribution in [0.1, 0.15) is 29.6 Å². The molecule has 1 amide bonds. The first kappa shape index (κ1) is 16.4. The summed E-state index contributed by atoms with van der Waals surface area (Å²) >= 11 is 0. The summed E-state index contributed by atoms with van der Waals surface area (Å²) in [6.07, 6.45) is 3.88. The van der Waals surface area contributed by atoms with Gasteiger partial charge >= 0.3 is 0 Å². The number of primary amides is 1. The van der Waals surface area contributed by atoms with Crippen molar-refractivity contribution in [3.05, 3.63) is 66.6 Å². The highest BCUT2D eigenvalue weighted by molar-refractivity contribution is 6.11. The smallest absolute Gasteiger partial charge is 0.238 e. The molecule has 4 heteroatoms. The van der Waals surface area contributed by atoms with Crippen molar-refractivity contribution in [1.82, 2.24) is 5.32 Å². The summed E-state index contributed by atoms with van der Waals surface area (Å²) in [7, 11) is 0. The van der Waals surface area contributed by atoms with Gasteiger partial charge in [-0.25, -0.2) is 0 Å². The summed E-state index contributed by atoms with van der Waals surface area (Å²) in [6, 6.07) is 17.2. The standard InChI is InChI=1S/C20H21N2O2/c21-19(24)20(12-6-7-13-22-20)14-18(23)17-11-5-4-10-16(17)15-8-2-1-3-9-15/h1-5,8-11,14,22H,6-7,12-13H2,(H2,21,24)/t20-/m1/s1. The van der Waals surface area contributed by atoms with Crippen LogP contribution in [-0.4, -0.2) is 23.8 Å². The lowest BCUT2D eigenvalue weighted by molar-refractivity contribution is -0.123. The van der Waals surface area contributed by atoms with E-state index >= 15 is 0 Å². The number of carbonyl (C=O) groups excluding carboxylic acids is 2. The number of hydrogen-bond donors (Lipinski definition) is 2. The molecule has 4 nitrogen and oxygen atoms in total. The van der Waals surface area contributed by atoms with Crippen LogP contribution >= 0.6 is 0 Å². The van der Waals surface area contributed by atoms with E-state index in [1.54, 1.807) is 6.07 Å². The summed E-state index contributed by atoms with van der Waals surface area (Å²) in [5, 5.41) is 3.14. The normalized spacial score (nSPS) is 20.5. The Kier molecular flexibility index (Phi) is 4.76. The zero-order valence-electron chi connectivity index (χ0n) is 13.5. The summed E-state index contributed by atoms with van der Waals surface area (Å²) < 4.78 is 0. The third-order valence-electron chi connectivity index (χ3n) is 4.53. The summed E-state index contributed by atoms with van der Waals surface area (Å²) in [5.74, 6) is -0.671. The van der Waals surface area contributed by atoms with Gasteiger partial charge in [-0.2, -0.15) is 0 Å². The molecule has 0 aliphatic carbocycles. The summed E-state index contributed by atoms with van der Waals surface area (Å²) in [5.41, 5.74) is 6.96. The predicted octanol–water partition coefficient (Wildman–Crippen LogP) is 2.74. The lowest BCUT2D eigenvalue weighted by atomic mass is 9.81. The SMILES string of the molecule is NC(=O)[C@]1([CH]C(=O)c2ccccc2-c2ccccc2)CCCCN1. The zero-order chi connectivity index (χ0) is 17.0. The second kappa shape index (κ2) is 6.97. The molecule has 1 atom stereocenters. The molecule has 24 heavy (non-hydrogen) atoms. The third kappa shape index (κ3) is 3.24. The van der Waals surface area contributed by atoms with Gasteiger partial charge in [-0.15, -0.1) is 0 Å². The van der Waals surface area contributed by atoms with Crippen LogP contribution in [0.4, 0.5) is 0 Å². The van der Waals surface area contributed by atoms with Gasteiger partial charge in [0.05, 0.1) is 6.42 Å². The minimum Gasteiger partial charge on any atom is -0.368 e. The maximum absolute atomic E-state index is 12.9. The second-order valence-electron chi connectivity index (χ2n) is 6.14. The third-order valence-corrected chi connectivity index (χ3v) is 4.53. The molecule has 3 N–H and O–H groups in total. The molecule has 1 saturated heterocycles. The van der Waals surface area contributed by atoms with E-state index in [2.05, 4.69) is 5.32 Å². The maximum Gasteiger partial charge on any atom is 0.238 e. The predicted molar refractivity (Wildman–Crippen MR) is 94.3 cm³/mol. The molecule has 123 valence electrons. The van der Waals surface area contributed by atoms with E-state index in [0.29, 0.717) is 18.5 Å². The monoisotopic (exact) mass is 321 g/mol. The van der Waals surface area contributed by atoms with Crippen molar-refractivity contribution >= 4 is 11.7 Å². The first-order valence-corrected chi connectivity index (χ1v) is 8.22. The van der Waals surface area contributed by atoms with Crippen LogP contribution < -0.4 is 11.1 Å². The topological polar surface area (TPSA) is 72.2 Å². The number of nitrogens with two attached hydrogens (primary N) is 1. The molecular formula is C20H21N2O2. The van der Waals surface area contributed by atoms with Crippen LogP contribution in [0.25, 0.3) is 11.1 Å². The van der Waals surface area contributed by atoms with Crippen LogP contribution in [-0.2, 0) is 4.79 Å². The molecule has 1 aliphatic rings. The van der Waals surface area contributed by atoms with E-state index in [1.165, 1.54) is 6.42 Å². The number of ketones is 1. The molecule has 0 saturated carbocycles. The Hall–Kier alpha value is -2.46. The molecule has 0 bridgehead atoms. The largest absolute Gasteiger partial charge is 0.368 e. The molecule has 1 radical (unpaired) electrons. The zero-order valence-corrected chi connectivity index (χ0v) is 13.5. The number of piperidine rings is 1. The lowest BCUT2D eigenvalue weighted by Crippen LogP contribution is -2.59. The minimum absolute atomic E-state index is 0.178. The van der Waals surface area contributed by atoms with Crippen LogP contribution in [0.15, 0.2) is 54.6 Å². The Bertz CT molecular complexity index is 734. The summed E-state index contributed by atoms with van der Waals surface area (Å²) in [6.45, 7) is 0.688.